The van der Waals surface area contributed by atoms with E-state index in [2.05, 4.69) is 29.7 Å². The summed E-state index contributed by atoms with van der Waals surface area (Å²) >= 11 is 1.61. The van der Waals surface area contributed by atoms with Crippen LogP contribution in [0, 0.1) is 11.8 Å². The van der Waals surface area contributed by atoms with E-state index in [9.17, 15) is 4.79 Å². The Morgan fingerprint density at radius 1 is 1.50 bits per heavy atom. The quantitative estimate of drug-likeness (QED) is 0.828. The van der Waals surface area contributed by atoms with Gasteiger partial charge in [-0.2, -0.15) is 5.10 Å². The standard InChI is InChI=1S/C13H23N3OS/c1-3-11-15-16-13(18-11)14-12(17)9(2)10-7-5-4-6-8-10/h9-11,15H,3-8H2,1-2H3,(H,14,16,17). The van der Waals surface area contributed by atoms with Crippen LogP contribution in [0.4, 0.5) is 0 Å². The number of carbonyl (C=O) groups excluding carboxylic acids is 1. The molecule has 2 unspecified atom stereocenters. The van der Waals surface area contributed by atoms with Crippen LogP contribution < -0.4 is 10.7 Å². The molecule has 2 aliphatic rings. The summed E-state index contributed by atoms with van der Waals surface area (Å²) in [5.41, 5.74) is 3.02. The molecule has 1 aliphatic heterocycles. The fourth-order valence-electron chi connectivity index (χ4n) is 2.62. The lowest BCUT2D eigenvalue weighted by Gasteiger charge is -2.26. The molecule has 1 fully saturated rings. The topological polar surface area (TPSA) is 53.5 Å². The van der Waals surface area contributed by atoms with Crippen molar-refractivity contribution in [1.29, 1.82) is 0 Å². The first kappa shape index (κ1) is 13.7. The molecule has 1 saturated carbocycles. The summed E-state index contributed by atoms with van der Waals surface area (Å²) in [5, 5.41) is 8.15. The molecule has 1 aliphatic carbocycles. The molecule has 18 heavy (non-hydrogen) atoms. The largest absolute Gasteiger partial charge is 0.303 e. The van der Waals surface area contributed by atoms with Gasteiger partial charge in [0.05, 0.1) is 5.37 Å². The molecule has 2 rings (SSSR count). The number of nitrogens with one attached hydrogen (secondary N) is 2. The van der Waals surface area contributed by atoms with Gasteiger partial charge in [-0.15, -0.1) is 0 Å². The predicted molar refractivity (Wildman–Crippen MR) is 76.1 cm³/mol. The number of carbonyl (C=O) groups is 1. The Hall–Kier alpha value is -0.710. The van der Waals surface area contributed by atoms with E-state index >= 15 is 0 Å². The lowest BCUT2D eigenvalue weighted by Crippen LogP contribution is -2.36. The summed E-state index contributed by atoms with van der Waals surface area (Å²) in [6.07, 6.45) is 7.28. The maximum absolute atomic E-state index is 12.2. The van der Waals surface area contributed by atoms with Crippen LogP contribution in [0.3, 0.4) is 0 Å². The molecule has 102 valence electrons. The van der Waals surface area contributed by atoms with Crippen molar-refractivity contribution in [3.63, 3.8) is 0 Å². The van der Waals surface area contributed by atoms with Gasteiger partial charge in [-0.3, -0.25) is 10.2 Å². The minimum Gasteiger partial charge on any atom is -0.303 e. The van der Waals surface area contributed by atoms with Gasteiger partial charge >= 0.3 is 0 Å². The van der Waals surface area contributed by atoms with Crippen LogP contribution in [0.2, 0.25) is 0 Å². The van der Waals surface area contributed by atoms with Gasteiger partial charge in [0.15, 0.2) is 5.17 Å². The second-order valence-corrected chi connectivity index (χ2v) is 6.43. The molecule has 2 atom stereocenters. The Labute approximate surface area is 113 Å². The lowest BCUT2D eigenvalue weighted by atomic mass is 9.80. The highest BCUT2D eigenvalue weighted by molar-refractivity contribution is 8.14. The van der Waals surface area contributed by atoms with Gasteiger partial charge in [0.2, 0.25) is 5.91 Å². The van der Waals surface area contributed by atoms with Gasteiger partial charge in [-0.05, 0) is 25.2 Å². The van der Waals surface area contributed by atoms with Gasteiger partial charge in [-0.1, -0.05) is 44.9 Å². The molecular formula is C13H23N3OS. The van der Waals surface area contributed by atoms with E-state index in [0.29, 0.717) is 11.3 Å². The van der Waals surface area contributed by atoms with E-state index in [0.717, 1.165) is 11.6 Å². The van der Waals surface area contributed by atoms with E-state index in [1.807, 2.05) is 0 Å². The first-order valence-electron chi connectivity index (χ1n) is 7.01. The third-order valence-electron chi connectivity index (χ3n) is 3.94. The average Bonchev–Trinajstić information content (AvgIpc) is 2.86. The second-order valence-electron chi connectivity index (χ2n) is 5.24. The van der Waals surface area contributed by atoms with Crippen molar-refractivity contribution in [1.82, 2.24) is 10.7 Å². The first-order chi connectivity index (χ1) is 8.70. The molecular weight excluding hydrogens is 246 g/mol. The number of rotatable bonds is 3. The van der Waals surface area contributed by atoms with Crippen LogP contribution in [-0.4, -0.2) is 16.4 Å². The molecule has 0 spiro atoms. The lowest BCUT2D eigenvalue weighted by molar-refractivity contribution is -0.124. The molecule has 0 saturated heterocycles. The van der Waals surface area contributed by atoms with Crippen LogP contribution in [0.1, 0.15) is 52.4 Å². The van der Waals surface area contributed by atoms with Crippen molar-refractivity contribution in [3.8, 4) is 0 Å². The zero-order chi connectivity index (χ0) is 13.0. The van der Waals surface area contributed by atoms with Gasteiger partial charge in [0.25, 0.3) is 0 Å². The van der Waals surface area contributed by atoms with Gasteiger partial charge in [-0.25, -0.2) is 0 Å². The third kappa shape index (κ3) is 3.40. The molecule has 0 radical (unpaired) electrons. The predicted octanol–water partition coefficient (Wildman–Crippen LogP) is 2.66. The third-order valence-corrected chi connectivity index (χ3v) is 5.08. The minimum absolute atomic E-state index is 0.106. The number of amides is 1. The van der Waals surface area contributed by atoms with Gasteiger partial charge in [0, 0.05) is 5.92 Å². The fourth-order valence-corrected chi connectivity index (χ4v) is 3.42. The Kier molecular flexibility index (Phi) is 4.92. The Morgan fingerprint density at radius 2 is 2.22 bits per heavy atom. The van der Waals surface area contributed by atoms with E-state index in [4.69, 9.17) is 0 Å². The summed E-state index contributed by atoms with van der Waals surface area (Å²) in [5.74, 6) is 0.793. The van der Waals surface area contributed by atoms with Crippen molar-refractivity contribution in [2.24, 2.45) is 16.9 Å². The summed E-state index contributed by atoms with van der Waals surface area (Å²) < 4.78 is 0. The molecule has 5 heteroatoms. The zero-order valence-electron chi connectivity index (χ0n) is 11.2. The highest BCUT2D eigenvalue weighted by Gasteiger charge is 2.27. The van der Waals surface area contributed by atoms with Crippen LogP contribution >= 0.6 is 11.8 Å². The monoisotopic (exact) mass is 269 g/mol. The normalized spacial score (nSPS) is 26.3. The van der Waals surface area contributed by atoms with Crippen LogP contribution in [0.25, 0.3) is 0 Å². The van der Waals surface area contributed by atoms with Crippen LogP contribution in [0.15, 0.2) is 5.10 Å². The summed E-state index contributed by atoms with van der Waals surface area (Å²) in [7, 11) is 0. The average molecular weight is 269 g/mol. The maximum Gasteiger partial charge on any atom is 0.229 e. The first-order valence-corrected chi connectivity index (χ1v) is 7.89. The summed E-state index contributed by atoms with van der Waals surface area (Å²) in [6, 6.07) is 0. The number of hydrazone groups is 1. The van der Waals surface area contributed by atoms with Crippen LogP contribution in [-0.2, 0) is 4.79 Å². The molecule has 0 aromatic carbocycles. The van der Waals surface area contributed by atoms with Crippen molar-refractivity contribution in [2.75, 3.05) is 0 Å². The molecule has 0 aromatic heterocycles. The molecule has 4 nitrogen and oxygen atoms in total. The summed E-state index contributed by atoms with van der Waals surface area (Å²) in [6.45, 7) is 4.16. The molecule has 1 amide bonds. The number of thioether (sulfide) groups is 1. The summed E-state index contributed by atoms with van der Waals surface area (Å²) in [4.78, 5) is 12.2. The number of hydrogen-bond donors (Lipinski definition) is 2. The van der Waals surface area contributed by atoms with Gasteiger partial charge < -0.3 is 5.32 Å². The molecule has 2 N–H and O–H groups in total. The Balaban J connectivity index is 1.80. The van der Waals surface area contributed by atoms with E-state index in [1.165, 1.54) is 32.1 Å². The van der Waals surface area contributed by atoms with E-state index < -0.39 is 0 Å². The number of nitrogens with zero attached hydrogens (tertiary/aromatic N) is 1. The minimum atomic E-state index is 0.106. The Morgan fingerprint density at radius 3 is 2.83 bits per heavy atom. The smallest absolute Gasteiger partial charge is 0.229 e. The molecule has 1 heterocycles. The second kappa shape index (κ2) is 6.45. The van der Waals surface area contributed by atoms with E-state index in [1.54, 1.807) is 11.8 Å². The SMILES string of the molecule is CCC1NN=C(NC(=O)C(C)C2CCCCC2)S1. The van der Waals surface area contributed by atoms with Crippen LogP contribution in [0.5, 0.6) is 0 Å². The van der Waals surface area contributed by atoms with Crippen molar-refractivity contribution >= 4 is 22.8 Å². The molecule has 0 bridgehead atoms. The number of hydrogen-bond acceptors (Lipinski definition) is 4. The van der Waals surface area contributed by atoms with Crippen molar-refractivity contribution in [2.45, 2.75) is 57.7 Å². The van der Waals surface area contributed by atoms with Gasteiger partial charge in [0.1, 0.15) is 0 Å². The van der Waals surface area contributed by atoms with Crippen molar-refractivity contribution < 1.29 is 4.79 Å². The Bertz CT molecular complexity index is 326. The number of amidine groups is 1. The van der Waals surface area contributed by atoms with E-state index in [-0.39, 0.29) is 11.8 Å². The highest BCUT2D eigenvalue weighted by atomic mass is 32.2. The zero-order valence-corrected chi connectivity index (χ0v) is 12.1. The highest BCUT2D eigenvalue weighted by Crippen LogP contribution is 2.30. The molecule has 0 aromatic rings. The van der Waals surface area contributed by atoms with Crippen molar-refractivity contribution in [3.05, 3.63) is 0 Å². The maximum atomic E-state index is 12.2. The fraction of sp³-hybridized carbons (Fsp3) is 0.846.